The molecule has 0 bridgehead atoms. The van der Waals surface area contributed by atoms with Gasteiger partial charge in [0.2, 0.25) is 11.8 Å². The zero-order chi connectivity index (χ0) is 17.7. The Bertz CT molecular complexity index is 310. The summed E-state index contributed by atoms with van der Waals surface area (Å²) in [6, 6.07) is 0. The molecule has 0 aromatic rings. The lowest BCUT2D eigenvalue weighted by Gasteiger charge is -2.22. The van der Waals surface area contributed by atoms with Gasteiger partial charge in [-0.05, 0) is 12.8 Å². The number of aliphatic hydroxyl groups is 1. The zero-order valence-corrected chi connectivity index (χ0v) is 15.5. The molecule has 2 amide bonds. The molecule has 136 valence electrons. The number of hydrogen-bond donors (Lipinski definition) is 1. The van der Waals surface area contributed by atoms with E-state index in [4.69, 9.17) is 5.11 Å². The molecule has 0 aliphatic carbocycles. The van der Waals surface area contributed by atoms with Crippen LogP contribution in [0.2, 0.25) is 0 Å². The summed E-state index contributed by atoms with van der Waals surface area (Å²) in [4.78, 5) is 27.3. The smallest absolute Gasteiger partial charge is 0.234 e. The van der Waals surface area contributed by atoms with E-state index in [1.54, 1.807) is 28.2 Å². The normalized spacial score (nSPS) is 10.9. The Morgan fingerprint density at radius 1 is 0.696 bits per heavy atom. The largest absolute Gasteiger partial charge is 0.396 e. The lowest BCUT2D eigenvalue weighted by molar-refractivity contribution is -0.144. The Hall–Kier alpha value is -1.10. The van der Waals surface area contributed by atoms with Crippen molar-refractivity contribution in [3.8, 4) is 0 Å². The van der Waals surface area contributed by atoms with Gasteiger partial charge in [-0.3, -0.25) is 9.59 Å². The van der Waals surface area contributed by atoms with Gasteiger partial charge in [-0.1, -0.05) is 51.4 Å². The fourth-order valence-electron chi connectivity index (χ4n) is 2.67. The Morgan fingerprint density at radius 2 is 1.04 bits per heavy atom. The predicted octanol–water partition coefficient (Wildman–Crippen LogP) is 2.67. The van der Waals surface area contributed by atoms with Gasteiger partial charge in [0.05, 0.1) is 0 Å². The van der Waals surface area contributed by atoms with Crippen LogP contribution >= 0.6 is 0 Å². The van der Waals surface area contributed by atoms with Crippen molar-refractivity contribution < 1.29 is 14.7 Å². The molecule has 23 heavy (non-hydrogen) atoms. The van der Waals surface area contributed by atoms with E-state index in [0.717, 1.165) is 25.7 Å². The van der Waals surface area contributed by atoms with E-state index in [2.05, 4.69) is 0 Å². The van der Waals surface area contributed by atoms with Gasteiger partial charge in [-0.15, -0.1) is 0 Å². The molecule has 1 N–H and O–H groups in total. The van der Waals surface area contributed by atoms with E-state index in [-0.39, 0.29) is 11.8 Å². The monoisotopic (exact) mass is 328 g/mol. The molecule has 0 aliphatic rings. The van der Waals surface area contributed by atoms with Gasteiger partial charge >= 0.3 is 0 Å². The lowest BCUT2D eigenvalue weighted by atomic mass is 9.97. The third-order valence-corrected chi connectivity index (χ3v) is 4.13. The fraction of sp³-hybridized carbons (Fsp3) is 0.889. The van der Waals surface area contributed by atoms with Gasteiger partial charge in [0, 0.05) is 34.8 Å². The summed E-state index contributed by atoms with van der Waals surface area (Å²) in [5.74, 6) is -0.710. The molecule has 5 heteroatoms. The Kier molecular flexibility index (Phi) is 12.7. The molecule has 0 aromatic carbocycles. The van der Waals surface area contributed by atoms with Crippen molar-refractivity contribution in [1.29, 1.82) is 0 Å². The molecule has 0 unspecified atom stereocenters. The molecule has 0 fully saturated rings. The molecule has 0 saturated carbocycles. The third kappa shape index (κ3) is 10.3. The van der Waals surface area contributed by atoms with Gasteiger partial charge in [-0.25, -0.2) is 0 Å². The van der Waals surface area contributed by atoms with Gasteiger partial charge in [-0.2, -0.15) is 0 Å². The van der Waals surface area contributed by atoms with Crippen LogP contribution in [0.4, 0.5) is 0 Å². The number of nitrogens with zero attached hydrogens (tertiary/aromatic N) is 2. The number of hydrogen-bond acceptors (Lipinski definition) is 3. The van der Waals surface area contributed by atoms with Crippen LogP contribution in [0.5, 0.6) is 0 Å². The summed E-state index contributed by atoms with van der Waals surface area (Å²) in [7, 11) is 6.81. The summed E-state index contributed by atoms with van der Waals surface area (Å²) in [5, 5.41) is 8.70. The average molecular weight is 328 g/mol. The second-order valence-electron chi connectivity index (χ2n) is 6.71. The molecular weight excluding hydrogens is 292 g/mol. The lowest BCUT2D eigenvalue weighted by Crippen LogP contribution is -2.40. The first-order valence-electron chi connectivity index (χ1n) is 8.95. The van der Waals surface area contributed by atoms with Crippen LogP contribution in [0, 0.1) is 5.92 Å². The zero-order valence-electron chi connectivity index (χ0n) is 15.5. The summed E-state index contributed by atoms with van der Waals surface area (Å²) in [6.07, 6.45) is 10.7. The minimum Gasteiger partial charge on any atom is -0.396 e. The van der Waals surface area contributed by atoms with Crippen LogP contribution in [-0.2, 0) is 9.59 Å². The van der Waals surface area contributed by atoms with Crippen molar-refractivity contribution in [2.24, 2.45) is 5.92 Å². The first-order chi connectivity index (χ1) is 10.9. The number of aliphatic hydroxyl groups excluding tert-OH is 1. The topological polar surface area (TPSA) is 60.9 Å². The van der Waals surface area contributed by atoms with Crippen molar-refractivity contribution >= 4 is 11.8 Å². The quantitative estimate of drug-likeness (QED) is 0.418. The van der Waals surface area contributed by atoms with Crippen LogP contribution in [0.15, 0.2) is 0 Å². The predicted molar refractivity (Wildman–Crippen MR) is 94.1 cm³/mol. The molecule has 0 radical (unpaired) electrons. The third-order valence-electron chi connectivity index (χ3n) is 4.13. The summed E-state index contributed by atoms with van der Waals surface area (Å²) >= 11 is 0. The number of amides is 2. The number of carbonyl (C=O) groups excluding carboxylic acids is 2. The van der Waals surface area contributed by atoms with Crippen molar-refractivity contribution in [2.75, 3.05) is 34.8 Å². The van der Waals surface area contributed by atoms with E-state index in [9.17, 15) is 9.59 Å². The molecule has 0 spiro atoms. The van der Waals surface area contributed by atoms with Crippen molar-refractivity contribution in [2.45, 2.75) is 64.2 Å². The van der Waals surface area contributed by atoms with Crippen molar-refractivity contribution in [1.82, 2.24) is 9.80 Å². The molecule has 0 aliphatic heterocycles. The van der Waals surface area contributed by atoms with Crippen LogP contribution in [0.25, 0.3) is 0 Å². The van der Waals surface area contributed by atoms with E-state index in [1.165, 1.54) is 41.9 Å². The Labute approximate surface area is 142 Å². The van der Waals surface area contributed by atoms with Gasteiger partial charge in [0.1, 0.15) is 5.92 Å². The second-order valence-corrected chi connectivity index (χ2v) is 6.71. The maximum absolute atomic E-state index is 12.1. The molecule has 0 saturated heterocycles. The minimum atomic E-state index is -0.529. The van der Waals surface area contributed by atoms with Gasteiger partial charge in [0.15, 0.2) is 0 Å². The molecule has 0 aromatic heterocycles. The highest BCUT2D eigenvalue weighted by atomic mass is 16.3. The number of carbonyl (C=O) groups is 2. The molecule has 0 atom stereocenters. The molecular formula is C18H36N2O3. The Morgan fingerprint density at radius 3 is 1.39 bits per heavy atom. The highest BCUT2D eigenvalue weighted by Crippen LogP contribution is 2.16. The van der Waals surface area contributed by atoms with Crippen LogP contribution in [0.3, 0.4) is 0 Å². The average Bonchev–Trinajstić information content (AvgIpc) is 2.51. The van der Waals surface area contributed by atoms with E-state index < -0.39 is 5.92 Å². The molecule has 0 rings (SSSR count). The van der Waals surface area contributed by atoms with Crippen LogP contribution in [-0.4, -0.2) is 61.5 Å². The highest BCUT2D eigenvalue weighted by Gasteiger charge is 2.28. The van der Waals surface area contributed by atoms with E-state index in [1.807, 2.05) is 0 Å². The van der Waals surface area contributed by atoms with E-state index >= 15 is 0 Å². The first-order valence-corrected chi connectivity index (χ1v) is 8.95. The van der Waals surface area contributed by atoms with Crippen molar-refractivity contribution in [3.63, 3.8) is 0 Å². The standard InChI is InChI=1S/C18H36N2O3/c1-19(2)17(22)16(18(23)20(3)4)14-12-10-8-6-5-7-9-11-13-15-21/h16,21H,5-15H2,1-4H3. The summed E-state index contributed by atoms with van der Waals surface area (Å²) < 4.78 is 0. The molecule has 0 heterocycles. The summed E-state index contributed by atoms with van der Waals surface area (Å²) in [5.41, 5.74) is 0. The van der Waals surface area contributed by atoms with Crippen LogP contribution < -0.4 is 0 Å². The van der Waals surface area contributed by atoms with Crippen molar-refractivity contribution in [3.05, 3.63) is 0 Å². The summed E-state index contributed by atoms with van der Waals surface area (Å²) in [6.45, 7) is 0.304. The van der Waals surface area contributed by atoms with E-state index in [0.29, 0.717) is 13.0 Å². The van der Waals surface area contributed by atoms with Crippen LogP contribution in [0.1, 0.15) is 64.2 Å². The van der Waals surface area contributed by atoms with Gasteiger partial charge in [0.25, 0.3) is 0 Å². The molecule has 5 nitrogen and oxygen atoms in total. The van der Waals surface area contributed by atoms with Gasteiger partial charge < -0.3 is 14.9 Å². The fourth-order valence-corrected chi connectivity index (χ4v) is 2.67. The first kappa shape index (κ1) is 21.9. The highest BCUT2D eigenvalue weighted by molar-refractivity contribution is 5.99. The maximum Gasteiger partial charge on any atom is 0.234 e. The number of unbranched alkanes of at least 4 members (excludes halogenated alkanes) is 8. The minimum absolute atomic E-state index is 0.0902. The SMILES string of the molecule is CN(C)C(=O)C(CCCCCCCCCCCO)C(=O)N(C)C. The second kappa shape index (κ2) is 13.3. The Balaban J connectivity index is 3.88. The number of rotatable bonds is 13. The maximum atomic E-state index is 12.1.